The second-order valence-corrected chi connectivity index (χ2v) is 8.01. The molecule has 9 heteroatoms. The Labute approximate surface area is 183 Å². The zero-order valence-corrected chi connectivity index (χ0v) is 17.5. The molecule has 0 saturated carbocycles. The average molecular weight is 450 g/mol. The van der Waals surface area contributed by atoms with Crippen LogP contribution in [0.5, 0.6) is 0 Å². The van der Waals surface area contributed by atoms with Crippen molar-refractivity contribution in [2.75, 3.05) is 18.4 Å². The number of rotatable bonds is 6. The van der Waals surface area contributed by atoms with Gasteiger partial charge >= 0.3 is 18.2 Å². The number of hydrogen-bond donors (Lipinski definition) is 3. The van der Waals surface area contributed by atoms with Crippen LogP contribution in [0.3, 0.4) is 0 Å². The number of amides is 1. The van der Waals surface area contributed by atoms with Crippen LogP contribution >= 0.6 is 0 Å². The molecular formula is C23H25F3N2O4. The van der Waals surface area contributed by atoms with Crippen molar-refractivity contribution in [3.05, 3.63) is 64.7 Å². The lowest BCUT2D eigenvalue weighted by Crippen LogP contribution is -2.48. The second-order valence-electron chi connectivity index (χ2n) is 8.01. The first-order valence-corrected chi connectivity index (χ1v) is 10.3. The molecule has 3 N–H and O–H groups in total. The fourth-order valence-corrected chi connectivity index (χ4v) is 4.24. The molecule has 1 heterocycles. The van der Waals surface area contributed by atoms with Crippen LogP contribution in [-0.4, -0.2) is 46.3 Å². The van der Waals surface area contributed by atoms with Gasteiger partial charge in [-0.2, -0.15) is 13.2 Å². The lowest BCUT2D eigenvalue weighted by Gasteiger charge is -2.40. The largest absolute Gasteiger partial charge is 0.480 e. The van der Waals surface area contributed by atoms with Gasteiger partial charge in [-0.3, -0.25) is 4.79 Å². The molecule has 1 saturated heterocycles. The van der Waals surface area contributed by atoms with Crippen LogP contribution in [0, 0.1) is 6.92 Å². The first-order valence-electron chi connectivity index (χ1n) is 10.3. The number of aryl methyl sites for hydroxylation is 1. The predicted octanol–water partition coefficient (Wildman–Crippen LogP) is 4.98. The highest BCUT2D eigenvalue weighted by Crippen LogP contribution is 2.37. The first kappa shape index (κ1) is 23.4. The highest BCUT2D eigenvalue weighted by atomic mass is 19.4. The van der Waals surface area contributed by atoms with E-state index in [1.807, 2.05) is 25.1 Å². The monoisotopic (exact) mass is 450 g/mol. The summed E-state index contributed by atoms with van der Waals surface area (Å²) in [6.45, 7) is 1.95. The summed E-state index contributed by atoms with van der Waals surface area (Å²) >= 11 is 0. The number of piperidine rings is 1. The number of likely N-dealkylation sites (tertiary alicyclic amines) is 1. The smallest absolute Gasteiger partial charge is 0.416 e. The van der Waals surface area contributed by atoms with Gasteiger partial charge in [0.2, 0.25) is 0 Å². The molecular weight excluding hydrogens is 425 g/mol. The Bertz CT molecular complexity index is 976. The molecule has 0 bridgehead atoms. The molecule has 32 heavy (non-hydrogen) atoms. The topological polar surface area (TPSA) is 89.9 Å². The Kier molecular flexibility index (Phi) is 6.96. The van der Waals surface area contributed by atoms with E-state index in [2.05, 4.69) is 5.32 Å². The van der Waals surface area contributed by atoms with Gasteiger partial charge in [0.15, 0.2) is 0 Å². The standard InChI is InChI=1S/C23H25F3N2O4/c1-14-4-7-16(12-19(14)27-13-21(29)30)18-3-2-10-28(22(31)32)20(18)11-15-5-8-17(9-6-15)23(24,25)26/h4-9,12,18,20,27H,2-3,10-11,13H2,1H3,(H,29,30)(H,31,32). The van der Waals surface area contributed by atoms with E-state index >= 15 is 0 Å². The van der Waals surface area contributed by atoms with Crippen molar-refractivity contribution in [3.8, 4) is 0 Å². The molecule has 2 atom stereocenters. The van der Waals surface area contributed by atoms with E-state index in [0.717, 1.165) is 29.7 Å². The Morgan fingerprint density at radius 3 is 2.41 bits per heavy atom. The number of anilines is 1. The fraction of sp³-hybridized carbons (Fsp3) is 0.391. The third-order valence-corrected chi connectivity index (χ3v) is 5.87. The summed E-state index contributed by atoms with van der Waals surface area (Å²) in [5.74, 6) is -1.17. The highest BCUT2D eigenvalue weighted by Gasteiger charge is 2.36. The molecule has 2 aromatic rings. The first-order chi connectivity index (χ1) is 15.1. The van der Waals surface area contributed by atoms with Gasteiger partial charge in [0.1, 0.15) is 6.54 Å². The minimum absolute atomic E-state index is 0.173. The van der Waals surface area contributed by atoms with E-state index in [-0.39, 0.29) is 18.9 Å². The molecule has 1 amide bonds. The zero-order chi connectivity index (χ0) is 23.5. The molecule has 1 aliphatic rings. The lowest BCUT2D eigenvalue weighted by molar-refractivity contribution is -0.137. The van der Waals surface area contributed by atoms with Gasteiger partial charge in [-0.15, -0.1) is 0 Å². The Morgan fingerprint density at radius 2 is 1.81 bits per heavy atom. The van der Waals surface area contributed by atoms with Crippen molar-refractivity contribution in [2.24, 2.45) is 0 Å². The Morgan fingerprint density at radius 1 is 1.12 bits per heavy atom. The summed E-state index contributed by atoms with van der Waals surface area (Å²) in [6, 6.07) is 9.95. The van der Waals surface area contributed by atoms with Crippen LogP contribution < -0.4 is 5.32 Å². The Hall–Kier alpha value is -3.23. The van der Waals surface area contributed by atoms with E-state index in [0.29, 0.717) is 24.2 Å². The SMILES string of the molecule is Cc1ccc(C2CCCN(C(=O)O)C2Cc2ccc(C(F)(F)F)cc2)cc1NCC(=O)O. The minimum Gasteiger partial charge on any atom is -0.480 e. The normalized spacial score (nSPS) is 18.9. The molecule has 2 unspecified atom stereocenters. The summed E-state index contributed by atoms with van der Waals surface area (Å²) < 4.78 is 38.7. The second kappa shape index (κ2) is 9.50. The molecule has 0 aromatic heterocycles. The maximum atomic E-state index is 12.9. The number of halogens is 3. The van der Waals surface area contributed by atoms with Crippen molar-refractivity contribution in [2.45, 2.75) is 44.3 Å². The Balaban J connectivity index is 1.90. The molecule has 1 aliphatic heterocycles. The van der Waals surface area contributed by atoms with Crippen molar-refractivity contribution in [1.82, 2.24) is 4.90 Å². The number of carboxylic acid groups (broad SMARTS) is 2. The highest BCUT2D eigenvalue weighted by molar-refractivity contribution is 5.73. The van der Waals surface area contributed by atoms with Crippen LogP contribution in [0.15, 0.2) is 42.5 Å². The quantitative estimate of drug-likeness (QED) is 0.578. The molecule has 0 radical (unpaired) electrons. The average Bonchev–Trinajstić information content (AvgIpc) is 2.73. The number of nitrogens with one attached hydrogen (secondary N) is 1. The number of nitrogens with zero attached hydrogens (tertiary/aromatic N) is 1. The van der Waals surface area contributed by atoms with E-state index < -0.39 is 29.8 Å². The zero-order valence-electron chi connectivity index (χ0n) is 17.5. The number of carbonyl (C=O) groups is 2. The van der Waals surface area contributed by atoms with Crippen LogP contribution in [-0.2, 0) is 17.4 Å². The van der Waals surface area contributed by atoms with Gasteiger partial charge in [0.05, 0.1) is 5.56 Å². The van der Waals surface area contributed by atoms with E-state index in [4.69, 9.17) is 5.11 Å². The van der Waals surface area contributed by atoms with Gasteiger partial charge < -0.3 is 20.4 Å². The molecule has 2 aromatic carbocycles. The minimum atomic E-state index is -4.43. The predicted molar refractivity (Wildman–Crippen MR) is 113 cm³/mol. The van der Waals surface area contributed by atoms with Crippen LogP contribution in [0.1, 0.15) is 41.0 Å². The number of carboxylic acids is 1. The lowest BCUT2D eigenvalue weighted by atomic mass is 9.80. The van der Waals surface area contributed by atoms with Crippen molar-refractivity contribution in [3.63, 3.8) is 0 Å². The molecule has 0 aliphatic carbocycles. The van der Waals surface area contributed by atoms with Gasteiger partial charge in [0, 0.05) is 24.2 Å². The van der Waals surface area contributed by atoms with E-state index in [1.54, 1.807) is 0 Å². The van der Waals surface area contributed by atoms with Crippen LogP contribution in [0.2, 0.25) is 0 Å². The fourth-order valence-electron chi connectivity index (χ4n) is 4.24. The molecule has 0 spiro atoms. The maximum Gasteiger partial charge on any atom is 0.416 e. The number of alkyl halides is 3. The van der Waals surface area contributed by atoms with Gasteiger partial charge in [-0.25, -0.2) is 4.79 Å². The van der Waals surface area contributed by atoms with Gasteiger partial charge in [-0.05, 0) is 61.1 Å². The number of benzene rings is 2. The maximum absolute atomic E-state index is 12.9. The molecule has 6 nitrogen and oxygen atoms in total. The van der Waals surface area contributed by atoms with Crippen molar-refractivity contribution >= 4 is 17.7 Å². The third kappa shape index (κ3) is 5.52. The summed E-state index contributed by atoms with van der Waals surface area (Å²) in [4.78, 5) is 24.2. The van der Waals surface area contributed by atoms with Gasteiger partial charge in [0.25, 0.3) is 0 Å². The summed E-state index contributed by atoms with van der Waals surface area (Å²) in [5, 5.41) is 21.6. The van der Waals surface area contributed by atoms with E-state index in [1.165, 1.54) is 17.0 Å². The molecule has 172 valence electrons. The summed E-state index contributed by atoms with van der Waals surface area (Å²) in [6.07, 6.45) is -3.84. The molecule has 3 rings (SSSR count). The third-order valence-electron chi connectivity index (χ3n) is 5.87. The number of hydrogen-bond acceptors (Lipinski definition) is 3. The summed E-state index contributed by atoms with van der Waals surface area (Å²) in [5.41, 5.74) is 2.26. The van der Waals surface area contributed by atoms with Crippen molar-refractivity contribution < 1.29 is 33.0 Å². The van der Waals surface area contributed by atoms with Crippen molar-refractivity contribution in [1.29, 1.82) is 0 Å². The molecule has 1 fully saturated rings. The van der Waals surface area contributed by atoms with Crippen LogP contribution in [0.4, 0.5) is 23.7 Å². The number of aliphatic carboxylic acids is 1. The van der Waals surface area contributed by atoms with E-state index in [9.17, 15) is 27.9 Å². The van der Waals surface area contributed by atoms with Crippen LogP contribution in [0.25, 0.3) is 0 Å². The summed E-state index contributed by atoms with van der Waals surface area (Å²) in [7, 11) is 0. The van der Waals surface area contributed by atoms with Gasteiger partial charge in [-0.1, -0.05) is 24.3 Å².